The molecule has 6 nitrogen and oxygen atoms in total. The maximum absolute atomic E-state index is 12.1. The van der Waals surface area contributed by atoms with Crippen molar-refractivity contribution in [3.8, 4) is 0 Å². The number of carbonyl (C=O) groups excluding carboxylic acids is 1. The number of ether oxygens (including phenoxy) is 1. The lowest BCUT2D eigenvalue weighted by molar-refractivity contribution is 0.0536. The van der Waals surface area contributed by atoms with Gasteiger partial charge in [0.1, 0.15) is 0 Å². The van der Waals surface area contributed by atoms with Crippen LogP contribution in [0.4, 0.5) is 0 Å². The summed E-state index contributed by atoms with van der Waals surface area (Å²) in [4.78, 5) is 12.1. The lowest BCUT2D eigenvalue weighted by atomic mass is 10.0. The molecule has 1 amide bonds. The molecule has 1 heterocycles. The molecule has 1 aromatic carbocycles. The first-order valence-electron chi connectivity index (χ1n) is 6.64. The van der Waals surface area contributed by atoms with Crippen LogP contribution in [0.1, 0.15) is 28.8 Å². The number of hydrogen-bond donors (Lipinski definition) is 3. The molecule has 6 heteroatoms. The lowest BCUT2D eigenvalue weighted by Gasteiger charge is -2.22. The van der Waals surface area contributed by atoms with Crippen LogP contribution in [0.25, 0.3) is 0 Å². The van der Waals surface area contributed by atoms with Crippen molar-refractivity contribution >= 4 is 11.7 Å². The van der Waals surface area contributed by atoms with Crippen LogP contribution in [-0.2, 0) is 4.74 Å². The van der Waals surface area contributed by atoms with Gasteiger partial charge < -0.3 is 21.0 Å². The summed E-state index contributed by atoms with van der Waals surface area (Å²) >= 11 is 0. The van der Waals surface area contributed by atoms with Crippen molar-refractivity contribution in [2.45, 2.75) is 12.8 Å². The second-order valence-corrected chi connectivity index (χ2v) is 4.86. The number of oxime groups is 1. The fourth-order valence-corrected chi connectivity index (χ4v) is 2.18. The van der Waals surface area contributed by atoms with Crippen LogP contribution < -0.4 is 11.1 Å². The standard InChI is InChI=1S/C14H19N3O3/c15-13(17-19)11-4-1-5-12(7-11)14(18)16-8-10-3-2-6-20-9-10/h1,4-5,7,10,19H,2-3,6,8-9H2,(H2,15,17)(H,16,18). The van der Waals surface area contributed by atoms with Crippen LogP contribution in [-0.4, -0.2) is 36.7 Å². The van der Waals surface area contributed by atoms with E-state index in [1.54, 1.807) is 24.3 Å². The number of amidine groups is 1. The zero-order chi connectivity index (χ0) is 14.4. The number of benzene rings is 1. The van der Waals surface area contributed by atoms with Gasteiger partial charge in [0.15, 0.2) is 5.84 Å². The summed E-state index contributed by atoms with van der Waals surface area (Å²) in [6.07, 6.45) is 2.12. The minimum atomic E-state index is -0.164. The molecule has 1 saturated heterocycles. The Morgan fingerprint density at radius 3 is 3.00 bits per heavy atom. The van der Waals surface area contributed by atoms with Gasteiger partial charge in [-0.25, -0.2) is 0 Å². The van der Waals surface area contributed by atoms with Crippen molar-refractivity contribution < 1.29 is 14.7 Å². The Morgan fingerprint density at radius 1 is 1.50 bits per heavy atom. The third-order valence-corrected chi connectivity index (χ3v) is 3.33. The fourth-order valence-electron chi connectivity index (χ4n) is 2.18. The first kappa shape index (κ1) is 14.3. The highest BCUT2D eigenvalue weighted by molar-refractivity contribution is 6.01. The molecule has 0 radical (unpaired) electrons. The molecule has 0 bridgehead atoms. The van der Waals surface area contributed by atoms with E-state index in [4.69, 9.17) is 15.7 Å². The molecule has 0 saturated carbocycles. The Kier molecular flexibility index (Phi) is 4.95. The molecule has 0 spiro atoms. The van der Waals surface area contributed by atoms with Gasteiger partial charge in [-0.05, 0) is 30.9 Å². The van der Waals surface area contributed by atoms with Crippen LogP contribution >= 0.6 is 0 Å². The van der Waals surface area contributed by atoms with Crippen molar-refractivity contribution in [2.24, 2.45) is 16.8 Å². The molecule has 4 N–H and O–H groups in total. The highest BCUT2D eigenvalue weighted by Crippen LogP contribution is 2.12. The van der Waals surface area contributed by atoms with Crippen LogP contribution in [0.3, 0.4) is 0 Å². The quantitative estimate of drug-likeness (QED) is 0.330. The maximum Gasteiger partial charge on any atom is 0.251 e. The van der Waals surface area contributed by atoms with Gasteiger partial charge in [0.25, 0.3) is 5.91 Å². The number of carbonyl (C=O) groups is 1. The number of nitrogens with one attached hydrogen (secondary N) is 1. The summed E-state index contributed by atoms with van der Waals surface area (Å²) in [5, 5.41) is 14.5. The lowest BCUT2D eigenvalue weighted by Crippen LogP contribution is -2.33. The first-order chi connectivity index (χ1) is 9.70. The third kappa shape index (κ3) is 3.71. The minimum absolute atomic E-state index is 0.0136. The molecular formula is C14H19N3O3. The van der Waals surface area contributed by atoms with E-state index in [9.17, 15) is 4.79 Å². The molecule has 1 fully saturated rings. The predicted octanol–water partition coefficient (Wildman–Crippen LogP) is 0.937. The van der Waals surface area contributed by atoms with Gasteiger partial charge >= 0.3 is 0 Å². The van der Waals surface area contributed by atoms with Crippen molar-refractivity contribution in [1.82, 2.24) is 5.32 Å². The van der Waals surface area contributed by atoms with E-state index in [2.05, 4.69) is 10.5 Å². The van der Waals surface area contributed by atoms with Gasteiger partial charge in [-0.3, -0.25) is 4.79 Å². The highest BCUT2D eigenvalue weighted by atomic mass is 16.5. The molecule has 20 heavy (non-hydrogen) atoms. The summed E-state index contributed by atoms with van der Waals surface area (Å²) in [7, 11) is 0. The average molecular weight is 277 g/mol. The van der Waals surface area contributed by atoms with E-state index in [1.807, 2.05) is 0 Å². The van der Waals surface area contributed by atoms with Gasteiger partial charge in [-0.15, -0.1) is 0 Å². The van der Waals surface area contributed by atoms with Gasteiger partial charge in [0, 0.05) is 24.3 Å². The fraction of sp³-hybridized carbons (Fsp3) is 0.429. The van der Waals surface area contributed by atoms with Gasteiger partial charge in [0.2, 0.25) is 0 Å². The van der Waals surface area contributed by atoms with Gasteiger partial charge in [-0.2, -0.15) is 0 Å². The van der Waals surface area contributed by atoms with E-state index >= 15 is 0 Å². The number of hydrogen-bond acceptors (Lipinski definition) is 4. The number of nitrogens with zero attached hydrogens (tertiary/aromatic N) is 1. The minimum Gasteiger partial charge on any atom is -0.409 e. The zero-order valence-corrected chi connectivity index (χ0v) is 11.2. The Morgan fingerprint density at radius 2 is 2.30 bits per heavy atom. The van der Waals surface area contributed by atoms with Crippen LogP contribution in [0.15, 0.2) is 29.4 Å². The SMILES string of the molecule is NC(=NO)c1cccc(C(=O)NCC2CCCOC2)c1. The second kappa shape index (κ2) is 6.91. The highest BCUT2D eigenvalue weighted by Gasteiger charge is 2.15. The molecule has 1 atom stereocenters. The Bertz CT molecular complexity index is 496. The van der Waals surface area contributed by atoms with Gasteiger partial charge in [-0.1, -0.05) is 17.3 Å². The summed E-state index contributed by atoms with van der Waals surface area (Å²) < 4.78 is 5.37. The monoisotopic (exact) mass is 277 g/mol. The molecule has 108 valence electrons. The Balaban J connectivity index is 1.94. The maximum atomic E-state index is 12.1. The van der Waals surface area contributed by atoms with E-state index in [-0.39, 0.29) is 11.7 Å². The van der Waals surface area contributed by atoms with Crippen molar-refractivity contribution in [3.63, 3.8) is 0 Å². The number of amides is 1. The van der Waals surface area contributed by atoms with E-state index in [1.165, 1.54) is 0 Å². The average Bonchev–Trinajstić information content (AvgIpc) is 2.53. The molecule has 1 aromatic rings. The Hall–Kier alpha value is -2.08. The predicted molar refractivity (Wildman–Crippen MR) is 74.8 cm³/mol. The van der Waals surface area contributed by atoms with Crippen molar-refractivity contribution in [1.29, 1.82) is 0 Å². The van der Waals surface area contributed by atoms with Crippen LogP contribution in [0.2, 0.25) is 0 Å². The van der Waals surface area contributed by atoms with E-state index in [0.717, 1.165) is 19.4 Å². The summed E-state index contributed by atoms with van der Waals surface area (Å²) in [6, 6.07) is 6.68. The van der Waals surface area contributed by atoms with Crippen molar-refractivity contribution in [3.05, 3.63) is 35.4 Å². The van der Waals surface area contributed by atoms with Crippen LogP contribution in [0, 0.1) is 5.92 Å². The van der Waals surface area contributed by atoms with Gasteiger partial charge in [0.05, 0.1) is 6.61 Å². The molecular weight excluding hydrogens is 258 g/mol. The Labute approximate surface area is 117 Å². The molecule has 2 rings (SSSR count). The smallest absolute Gasteiger partial charge is 0.251 e. The summed E-state index contributed by atoms with van der Waals surface area (Å²) in [5.41, 5.74) is 6.51. The van der Waals surface area contributed by atoms with Crippen LogP contribution in [0.5, 0.6) is 0 Å². The summed E-state index contributed by atoms with van der Waals surface area (Å²) in [5.74, 6) is 0.198. The van der Waals surface area contributed by atoms with E-state index < -0.39 is 0 Å². The number of nitrogens with two attached hydrogens (primary N) is 1. The number of rotatable bonds is 4. The topological polar surface area (TPSA) is 96.9 Å². The first-order valence-corrected chi connectivity index (χ1v) is 6.64. The third-order valence-electron chi connectivity index (χ3n) is 3.33. The second-order valence-electron chi connectivity index (χ2n) is 4.86. The molecule has 1 aliphatic heterocycles. The molecule has 1 unspecified atom stereocenters. The van der Waals surface area contributed by atoms with Crippen molar-refractivity contribution in [2.75, 3.05) is 19.8 Å². The summed E-state index contributed by atoms with van der Waals surface area (Å²) in [6.45, 7) is 2.11. The largest absolute Gasteiger partial charge is 0.409 e. The molecule has 0 aliphatic carbocycles. The normalized spacial score (nSPS) is 19.6. The molecule has 0 aromatic heterocycles. The van der Waals surface area contributed by atoms with E-state index in [0.29, 0.717) is 30.2 Å². The zero-order valence-electron chi connectivity index (χ0n) is 11.2. The molecule has 1 aliphatic rings.